The molecule has 0 saturated heterocycles. The molecule has 1 unspecified atom stereocenters. The van der Waals surface area contributed by atoms with Gasteiger partial charge in [0.15, 0.2) is 0 Å². The van der Waals surface area contributed by atoms with Gasteiger partial charge in [0.25, 0.3) is 5.69 Å². The molecule has 2 N–H and O–H groups in total. The molecule has 0 fully saturated rings. The van der Waals surface area contributed by atoms with Crippen molar-refractivity contribution >= 4 is 21.7 Å². The lowest BCUT2D eigenvalue weighted by atomic mass is 9.85. The Bertz CT molecular complexity index is 661. The first kappa shape index (κ1) is 18.1. The third-order valence-electron chi connectivity index (χ3n) is 3.08. The van der Waals surface area contributed by atoms with Crippen LogP contribution in [-0.2, 0) is 14.8 Å². The minimum atomic E-state index is -3.97. The Morgan fingerprint density at radius 1 is 1.32 bits per heavy atom. The van der Waals surface area contributed by atoms with Gasteiger partial charge in [-0.1, -0.05) is 20.8 Å². The molecule has 0 radical (unpaired) electrons. The molecule has 8 nitrogen and oxygen atoms in total. The van der Waals surface area contributed by atoms with E-state index in [2.05, 4.69) is 4.72 Å². The molecular weight excluding hydrogens is 312 g/mol. The summed E-state index contributed by atoms with van der Waals surface area (Å²) in [6, 6.07) is 3.57. The van der Waals surface area contributed by atoms with Gasteiger partial charge in [-0.3, -0.25) is 14.9 Å². The summed E-state index contributed by atoms with van der Waals surface area (Å²) in [7, 11) is -3.97. The quantitative estimate of drug-likeness (QED) is 0.604. The van der Waals surface area contributed by atoms with E-state index >= 15 is 0 Å². The number of nitro groups is 1. The Morgan fingerprint density at radius 3 is 2.18 bits per heavy atom. The summed E-state index contributed by atoms with van der Waals surface area (Å²) in [5.74, 6) is -1.12. The van der Waals surface area contributed by atoms with Crippen LogP contribution in [0.2, 0.25) is 0 Å². The van der Waals surface area contributed by atoms with Gasteiger partial charge in [0.05, 0.1) is 16.2 Å². The highest BCUT2D eigenvalue weighted by atomic mass is 32.2. The molecule has 0 aliphatic carbocycles. The van der Waals surface area contributed by atoms with E-state index in [1.54, 1.807) is 20.8 Å². The number of hydrogen-bond acceptors (Lipinski definition) is 5. The van der Waals surface area contributed by atoms with Crippen LogP contribution in [-0.4, -0.2) is 30.5 Å². The summed E-state index contributed by atoms with van der Waals surface area (Å²) in [5, 5.41) is 19.5. The summed E-state index contributed by atoms with van der Waals surface area (Å²) in [6.45, 7) is 5.16. The van der Waals surface area contributed by atoms with Crippen molar-refractivity contribution in [3.63, 3.8) is 0 Å². The predicted octanol–water partition coefficient (Wildman–Crippen LogP) is 1.76. The van der Waals surface area contributed by atoms with Crippen LogP contribution in [0.4, 0.5) is 5.69 Å². The molecule has 1 aromatic rings. The Morgan fingerprint density at radius 2 is 1.82 bits per heavy atom. The topological polar surface area (TPSA) is 127 Å². The second-order valence-electron chi connectivity index (χ2n) is 5.89. The Kier molecular flexibility index (Phi) is 5.26. The number of nitrogens with zero attached hydrogens (tertiary/aromatic N) is 1. The normalized spacial score (nSPS) is 13.6. The van der Waals surface area contributed by atoms with Crippen LogP contribution < -0.4 is 4.72 Å². The molecule has 0 amide bonds. The average Bonchev–Trinajstić information content (AvgIpc) is 2.36. The first-order chi connectivity index (χ1) is 9.93. The van der Waals surface area contributed by atoms with Gasteiger partial charge in [-0.2, -0.15) is 0 Å². The second kappa shape index (κ2) is 6.41. The van der Waals surface area contributed by atoms with Gasteiger partial charge in [-0.15, -0.1) is 0 Å². The lowest BCUT2D eigenvalue weighted by molar-refractivity contribution is -0.384. The zero-order chi connectivity index (χ0) is 17.1. The van der Waals surface area contributed by atoms with Crippen molar-refractivity contribution in [1.82, 2.24) is 4.72 Å². The number of nitrogens with one attached hydrogen (secondary N) is 1. The summed E-state index contributed by atoms with van der Waals surface area (Å²) < 4.78 is 26.9. The summed E-state index contributed by atoms with van der Waals surface area (Å²) >= 11 is 0. The standard InChI is InChI=1S/C13H18N2O6S/c1-13(2,3)11(8-12(16)17)14-22(20,21)10-6-4-9(5-7-10)15(18)19/h4-7,11,14H,8H2,1-3H3,(H,16,17). The van der Waals surface area contributed by atoms with Crippen LogP contribution in [0.5, 0.6) is 0 Å². The molecular formula is C13H18N2O6S. The number of benzene rings is 1. The number of aliphatic carboxylic acids is 1. The fourth-order valence-electron chi connectivity index (χ4n) is 1.70. The van der Waals surface area contributed by atoms with Crippen LogP contribution in [0.25, 0.3) is 0 Å². The van der Waals surface area contributed by atoms with Crippen molar-refractivity contribution < 1.29 is 23.2 Å². The van der Waals surface area contributed by atoms with E-state index in [1.165, 1.54) is 0 Å². The van der Waals surface area contributed by atoms with E-state index in [1.807, 2.05) is 0 Å². The highest BCUT2D eigenvalue weighted by molar-refractivity contribution is 7.89. The lowest BCUT2D eigenvalue weighted by Gasteiger charge is -2.30. The van der Waals surface area contributed by atoms with Crippen LogP contribution in [0.3, 0.4) is 0 Å². The molecule has 0 bridgehead atoms. The van der Waals surface area contributed by atoms with Gasteiger partial charge in [0, 0.05) is 18.2 Å². The van der Waals surface area contributed by atoms with E-state index in [4.69, 9.17) is 5.11 Å². The Balaban J connectivity index is 3.06. The first-order valence-electron chi connectivity index (χ1n) is 6.42. The van der Waals surface area contributed by atoms with Crippen LogP contribution >= 0.6 is 0 Å². The number of rotatable bonds is 6. The Labute approximate surface area is 128 Å². The maximum absolute atomic E-state index is 12.3. The number of nitro benzene ring substituents is 1. The van der Waals surface area contributed by atoms with Crippen molar-refractivity contribution in [3.8, 4) is 0 Å². The molecule has 0 saturated carbocycles. The summed E-state index contributed by atoms with van der Waals surface area (Å²) in [6.07, 6.45) is -0.365. The number of sulfonamides is 1. The molecule has 0 spiro atoms. The largest absolute Gasteiger partial charge is 0.481 e. The summed E-state index contributed by atoms with van der Waals surface area (Å²) in [4.78, 5) is 20.7. The van der Waals surface area contributed by atoms with Gasteiger partial charge in [0.1, 0.15) is 0 Å². The van der Waals surface area contributed by atoms with E-state index < -0.39 is 32.4 Å². The highest BCUT2D eigenvalue weighted by Gasteiger charge is 2.31. The average molecular weight is 330 g/mol. The molecule has 122 valence electrons. The minimum Gasteiger partial charge on any atom is -0.481 e. The molecule has 0 aliphatic heterocycles. The molecule has 1 rings (SSSR count). The third kappa shape index (κ3) is 4.78. The number of carboxylic acid groups (broad SMARTS) is 1. The first-order valence-corrected chi connectivity index (χ1v) is 7.90. The monoisotopic (exact) mass is 330 g/mol. The van der Waals surface area contributed by atoms with Crippen molar-refractivity contribution in [3.05, 3.63) is 34.4 Å². The van der Waals surface area contributed by atoms with E-state index in [-0.39, 0.29) is 17.0 Å². The molecule has 1 aromatic carbocycles. The van der Waals surface area contributed by atoms with Crippen molar-refractivity contribution in [1.29, 1.82) is 0 Å². The fraction of sp³-hybridized carbons (Fsp3) is 0.462. The maximum atomic E-state index is 12.3. The fourth-order valence-corrected chi connectivity index (χ4v) is 3.14. The third-order valence-corrected chi connectivity index (χ3v) is 4.57. The van der Waals surface area contributed by atoms with Gasteiger partial charge in [-0.05, 0) is 17.5 Å². The minimum absolute atomic E-state index is 0.155. The lowest BCUT2D eigenvalue weighted by Crippen LogP contribution is -2.44. The molecule has 1 atom stereocenters. The number of carboxylic acids is 1. The number of hydrogen-bond donors (Lipinski definition) is 2. The Hall–Kier alpha value is -2.00. The van der Waals surface area contributed by atoms with Crippen molar-refractivity contribution in [2.75, 3.05) is 0 Å². The smallest absolute Gasteiger partial charge is 0.304 e. The van der Waals surface area contributed by atoms with Crippen LogP contribution in [0, 0.1) is 15.5 Å². The molecule has 0 heterocycles. The summed E-state index contributed by atoms with van der Waals surface area (Å²) in [5.41, 5.74) is -0.830. The number of carbonyl (C=O) groups is 1. The van der Waals surface area contributed by atoms with E-state index in [0.29, 0.717) is 0 Å². The van der Waals surface area contributed by atoms with Gasteiger partial charge in [0.2, 0.25) is 10.0 Å². The maximum Gasteiger partial charge on any atom is 0.304 e. The van der Waals surface area contributed by atoms with E-state index in [0.717, 1.165) is 24.3 Å². The highest BCUT2D eigenvalue weighted by Crippen LogP contribution is 2.24. The molecule has 9 heteroatoms. The van der Waals surface area contributed by atoms with Gasteiger partial charge >= 0.3 is 5.97 Å². The molecule has 22 heavy (non-hydrogen) atoms. The van der Waals surface area contributed by atoms with Gasteiger partial charge < -0.3 is 5.11 Å². The molecule has 0 aliphatic rings. The zero-order valence-electron chi connectivity index (χ0n) is 12.4. The second-order valence-corrected chi connectivity index (χ2v) is 7.60. The molecule has 0 aromatic heterocycles. The van der Waals surface area contributed by atoms with Gasteiger partial charge in [-0.25, -0.2) is 13.1 Å². The van der Waals surface area contributed by atoms with Crippen LogP contribution in [0.1, 0.15) is 27.2 Å². The van der Waals surface area contributed by atoms with E-state index in [9.17, 15) is 23.3 Å². The van der Waals surface area contributed by atoms with Crippen LogP contribution in [0.15, 0.2) is 29.2 Å². The van der Waals surface area contributed by atoms with Crippen molar-refractivity contribution in [2.45, 2.75) is 38.1 Å². The predicted molar refractivity (Wildman–Crippen MR) is 78.9 cm³/mol. The zero-order valence-corrected chi connectivity index (χ0v) is 13.3. The SMILES string of the molecule is CC(C)(C)C(CC(=O)O)NS(=O)(=O)c1ccc([N+](=O)[O-])cc1. The number of non-ortho nitro benzene ring substituents is 1. The van der Waals surface area contributed by atoms with Crippen molar-refractivity contribution in [2.24, 2.45) is 5.41 Å².